The molecule has 1 fully saturated rings. The van der Waals surface area contributed by atoms with Crippen LogP contribution >= 0.6 is 0 Å². The maximum atomic E-state index is 12.3. The zero-order valence-electron chi connectivity index (χ0n) is 18.1. The van der Waals surface area contributed by atoms with Crippen LogP contribution in [0.15, 0.2) is 72.9 Å². The van der Waals surface area contributed by atoms with Gasteiger partial charge in [0.2, 0.25) is 5.91 Å². The highest BCUT2D eigenvalue weighted by Crippen LogP contribution is 2.18. The minimum atomic E-state index is -0.0257. The molecule has 2 heterocycles. The van der Waals surface area contributed by atoms with Crippen molar-refractivity contribution in [3.8, 4) is 0 Å². The molecule has 0 aliphatic carbocycles. The van der Waals surface area contributed by atoms with Crippen molar-refractivity contribution in [2.75, 3.05) is 36.4 Å². The molecule has 5 nitrogen and oxygen atoms in total. The van der Waals surface area contributed by atoms with Gasteiger partial charge in [-0.25, -0.2) is 4.98 Å². The standard InChI is InChI=1S/C26H30N4O/c1-21-8-10-23(11-9-21)20-29-14-5-15-30(17-16-29)25-13-12-24(19-27-25)28-26(31)18-22-6-3-2-4-7-22/h2-4,6-13,19H,5,14-18,20H2,1H3,(H,28,31). The lowest BCUT2D eigenvalue weighted by Crippen LogP contribution is -2.31. The van der Waals surface area contributed by atoms with Crippen LogP contribution in [-0.2, 0) is 17.8 Å². The van der Waals surface area contributed by atoms with Crippen LogP contribution in [0.25, 0.3) is 0 Å². The molecule has 1 aliphatic rings. The quantitative estimate of drug-likeness (QED) is 0.654. The minimum absolute atomic E-state index is 0.0257. The molecule has 4 rings (SSSR count). The number of nitrogens with one attached hydrogen (secondary N) is 1. The lowest BCUT2D eigenvalue weighted by Gasteiger charge is -2.23. The van der Waals surface area contributed by atoms with Crippen LogP contribution < -0.4 is 10.2 Å². The average Bonchev–Trinajstić information content (AvgIpc) is 3.02. The number of carbonyl (C=O) groups excluding carboxylic acids is 1. The van der Waals surface area contributed by atoms with Crippen molar-refractivity contribution in [3.63, 3.8) is 0 Å². The summed E-state index contributed by atoms with van der Waals surface area (Å²) in [5.74, 6) is 0.945. The van der Waals surface area contributed by atoms with Gasteiger partial charge < -0.3 is 10.2 Å². The van der Waals surface area contributed by atoms with Gasteiger partial charge in [0.1, 0.15) is 5.82 Å². The van der Waals surface area contributed by atoms with E-state index in [2.05, 4.69) is 51.3 Å². The Labute approximate surface area is 184 Å². The fourth-order valence-electron chi connectivity index (χ4n) is 3.94. The van der Waals surface area contributed by atoms with Gasteiger partial charge in [-0.05, 0) is 36.6 Å². The lowest BCUT2D eigenvalue weighted by atomic mass is 10.1. The van der Waals surface area contributed by atoms with Gasteiger partial charge in [0.05, 0.1) is 18.3 Å². The van der Waals surface area contributed by atoms with E-state index in [1.807, 2.05) is 42.5 Å². The Morgan fingerprint density at radius 3 is 2.45 bits per heavy atom. The van der Waals surface area contributed by atoms with Crippen molar-refractivity contribution >= 4 is 17.4 Å². The second kappa shape index (κ2) is 10.2. The van der Waals surface area contributed by atoms with Gasteiger partial charge in [0.15, 0.2) is 0 Å². The van der Waals surface area contributed by atoms with Crippen molar-refractivity contribution in [2.24, 2.45) is 0 Å². The number of aromatic nitrogens is 1. The number of rotatable bonds is 6. The van der Waals surface area contributed by atoms with Crippen LogP contribution in [0.4, 0.5) is 11.5 Å². The molecule has 0 unspecified atom stereocenters. The van der Waals surface area contributed by atoms with Crippen LogP contribution in [0, 0.1) is 6.92 Å². The summed E-state index contributed by atoms with van der Waals surface area (Å²) in [6.07, 6.45) is 3.24. The summed E-state index contributed by atoms with van der Waals surface area (Å²) in [4.78, 5) is 21.7. The van der Waals surface area contributed by atoms with Crippen molar-refractivity contribution in [2.45, 2.75) is 26.3 Å². The summed E-state index contributed by atoms with van der Waals surface area (Å²) in [5.41, 5.74) is 4.41. The van der Waals surface area contributed by atoms with Crippen LogP contribution in [0.1, 0.15) is 23.1 Å². The maximum Gasteiger partial charge on any atom is 0.228 e. The van der Waals surface area contributed by atoms with Crippen LogP contribution in [-0.4, -0.2) is 42.0 Å². The van der Waals surface area contributed by atoms with E-state index in [-0.39, 0.29) is 5.91 Å². The van der Waals surface area contributed by atoms with E-state index >= 15 is 0 Å². The fraction of sp³-hybridized carbons (Fsp3) is 0.308. The zero-order chi connectivity index (χ0) is 21.5. The number of hydrogen-bond acceptors (Lipinski definition) is 4. The molecule has 160 valence electrons. The zero-order valence-corrected chi connectivity index (χ0v) is 18.1. The van der Waals surface area contributed by atoms with E-state index in [0.717, 1.165) is 56.2 Å². The van der Waals surface area contributed by atoms with Gasteiger partial charge in [-0.15, -0.1) is 0 Å². The van der Waals surface area contributed by atoms with Gasteiger partial charge in [-0.1, -0.05) is 60.2 Å². The highest BCUT2D eigenvalue weighted by Gasteiger charge is 2.16. The smallest absolute Gasteiger partial charge is 0.228 e. The molecule has 1 aliphatic heterocycles. The molecule has 2 aromatic carbocycles. The van der Waals surface area contributed by atoms with Crippen molar-refractivity contribution in [1.29, 1.82) is 0 Å². The van der Waals surface area contributed by atoms with Gasteiger partial charge in [-0.3, -0.25) is 9.69 Å². The summed E-state index contributed by atoms with van der Waals surface area (Å²) in [6.45, 7) is 7.19. The molecule has 0 spiro atoms. The number of benzene rings is 2. The van der Waals surface area contributed by atoms with Gasteiger partial charge in [0.25, 0.3) is 0 Å². The van der Waals surface area contributed by atoms with Crippen molar-refractivity contribution in [1.82, 2.24) is 9.88 Å². The Kier molecular flexibility index (Phi) is 6.95. The molecule has 31 heavy (non-hydrogen) atoms. The fourth-order valence-corrected chi connectivity index (χ4v) is 3.94. The molecule has 3 aromatic rings. The van der Waals surface area contributed by atoms with E-state index in [4.69, 9.17) is 0 Å². The average molecular weight is 415 g/mol. The summed E-state index contributed by atoms with van der Waals surface area (Å²) in [7, 11) is 0. The molecule has 0 saturated carbocycles. The third-order valence-electron chi connectivity index (χ3n) is 5.68. The monoisotopic (exact) mass is 414 g/mol. The molecule has 5 heteroatoms. The first kappa shape index (κ1) is 21.1. The Morgan fingerprint density at radius 1 is 0.903 bits per heavy atom. The van der Waals surface area contributed by atoms with Crippen molar-refractivity contribution < 1.29 is 4.79 Å². The van der Waals surface area contributed by atoms with E-state index in [1.165, 1.54) is 11.1 Å². The third-order valence-corrected chi connectivity index (χ3v) is 5.68. The molecule has 1 saturated heterocycles. The van der Waals surface area contributed by atoms with Crippen LogP contribution in [0.2, 0.25) is 0 Å². The highest BCUT2D eigenvalue weighted by molar-refractivity contribution is 5.92. The van der Waals surface area contributed by atoms with Gasteiger partial charge in [0, 0.05) is 32.7 Å². The topological polar surface area (TPSA) is 48.5 Å². The molecular formula is C26H30N4O. The third kappa shape index (κ3) is 6.15. The summed E-state index contributed by atoms with van der Waals surface area (Å²) < 4.78 is 0. The normalized spacial score (nSPS) is 14.8. The summed E-state index contributed by atoms with van der Waals surface area (Å²) in [6, 6.07) is 22.5. The number of nitrogens with zero attached hydrogens (tertiary/aromatic N) is 3. The van der Waals surface area contributed by atoms with Crippen molar-refractivity contribution in [3.05, 3.63) is 89.6 Å². The number of anilines is 2. The Bertz CT molecular complexity index is 971. The molecule has 0 atom stereocenters. The van der Waals surface area contributed by atoms with E-state index in [1.54, 1.807) is 6.20 Å². The summed E-state index contributed by atoms with van der Waals surface area (Å²) in [5, 5.41) is 2.94. The lowest BCUT2D eigenvalue weighted by molar-refractivity contribution is -0.115. The predicted octanol–water partition coefficient (Wildman–Crippen LogP) is 4.28. The van der Waals surface area contributed by atoms with E-state index < -0.39 is 0 Å². The van der Waals surface area contributed by atoms with Crippen LogP contribution in [0.3, 0.4) is 0 Å². The molecule has 1 aromatic heterocycles. The van der Waals surface area contributed by atoms with Gasteiger partial charge >= 0.3 is 0 Å². The van der Waals surface area contributed by atoms with E-state index in [9.17, 15) is 4.79 Å². The molecule has 0 radical (unpaired) electrons. The second-order valence-corrected chi connectivity index (χ2v) is 8.22. The molecule has 1 N–H and O–H groups in total. The van der Waals surface area contributed by atoms with Gasteiger partial charge in [-0.2, -0.15) is 0 Å². The first-order chi connectivity index (χ1) is 15.2. The highest BCUT2D eigenvalue weighted by atomic mass is 16.1. The summed E-state index contributed by atoms with van der Waals surface area (Å²) >= 11 is 0. The first-order valence-corrected chi connectivity index (χ1v) is 11.0. The first-order valence-electron chi connectivity index (χ1n) is 11.0. The largest absolute Gasteiger partial charge is 0.355 e. The number of aryl methyl sites for hydroxylation is 1. The van der Waals surface area contributed by atoms with E-state index in [0.29, 0.717) is 6.42 Å². The molecule has 1 amide bonds. The SMILES string of the molecule is Cc1ccc(CN2CCCN(c3ccc(NC(=O)Cc4ccccc4)cn3)CC2)cc1. The number of hydrogen-bond donors (Lipinski definition) is 1. The maximum absolute atomic E-state index is 12.3. The number of pyridine rings is 1. The second-order valence-electron chi connectivity index (χ2n) is 8.22. The Hall–Kier alpha value is -3.18. The van der Waals surface area contributed by atoms with Crippen LogP contribution in [0.5, 0.6) is 0 Å². The predicted molar refractivity (Wildman–Crippen MR) is 126 cm³/mol. The number of amides is 1. The molecule has 0 bridgehead atoms. The Morgan fingerprint density at radius 2 is 1.71 bits per heavy atom. The minimum Gasteiger partial charge on any atom is -0.355 e. The number of carbonyl (C=O) groups is 1. The molecular weight excluding hydrogens is 384 g/mol. The Balaban J connectivity index is 1.29.